The third kappa shape index (κ3) is 1.46. The van der Waals surface area contributed by atoms with Crippen LogP contribution >= 0.6 is 0 Å². The Morgan fingerprint density at radius 2 is 1.30 bits per heavy atom. The second-order valence-electron chi connectivity index (χ2n) is 4.90. The largest absolute Gasteiger partial charge is 0.295 e. The number of hydrogen-bond donors (Lipinski definition) is 1. The van der Waals surface area contributed by atoms with Gasteiger partial charge in [0.15, 0.2) is 0 Å². The highest BCUT2D eigenvalue weighted by Gasteiger charge is 2.24. The summed E-state index contributed by atoms with van der Waals surface area (Å²) in [6, 6.07) is 16.8. The molecule has 2 aliphatic carbocycles. The van der Waals surface area contributed by atoms with Crippen molar-refractivity contribution in [2.45, 2.75) is 4.90 Å². The van der Waals surface area contributed by atoms with Crippen molar-refractivity contribution in [3.63, 3.8) is 0 Å². The lowest BCUT2D eigenvalue weighted by Crippen LogP contribution is -2.02. The lowest BCUT2D eigenvalue weighted by Gasteiger charge is -2.11. The van der Waals surface area contributed by atoms with Gasteiger partial charge in [-0.15, -0.1) is 0 Å². The molecule has 20 heavy (non-hydrogen) atoms. The molecule has 3 nitrogen and oxygen atoms in total. The fourth-order valence-corrected chi connectivity index (χ4v) is 3.82. The fourth-order valence-electron chi connectivity index (χ4n) is 2.91. The molecule has 0 aromatic heterocycles. The summed E-state index contributed by atoms with van der Waals surface area (Å²) < 4.78 is 33.3. The minimum Gasteiger partial charge on any atom is -0.282 e. The number of rotatable bonds is 1. The van der Waals surface area contributed by atoms with Crippen LogP contribution in [-0.4, -0.2) is 13.0 Å². The highest BCUT2D eigenvalue weighted by Crippen LogP contribution is 2.42. The first kappa shape index (κ1) is 11.6. The van der Waals surface area contributed by atoms with E-state index in [0.717, 1.165) is 22.1 Å². The summed E-state index contributed by atoms with van der Waals surface area (Å²) in [4.78, 5) is -0.00991. The van der Waals surface area contributed by atoms with E-state index >= 15 is 0 Å². The first-order valence-electron chi connectivity index (χ1n) is 6.20. The second-order valence-corrected chi connectivity index (χ2v) is 6.26. The zero-order valence-electron chi connectivity index (χ0n) is 10.4. The molecule has 4 heteroatoms. The van der Waals surface area contributed by atoms with Gasteiger partial charge in [-0.1, -0.05) is 48.5 Å². The van der Waals surface area contributed by atoms with E-state index in [-0.39, 0.29) is 4.90 Å². The van der Waals surface area contributed by atoms with E-state index in [9.17, 15) is 13.0 Å². The number of hydrogen-bond acceptors (Lipinski definition) is 2. The van der Waals surface area contributed by atoms with Gasteiger partial charge in [-0.25, -0.2) is 0 Å². The molecule has 1 N–H and O–H groups in total. The predicted molar refractivity (Wildman–Crippen MR) is 78.2 cm³/mol. The molecule has 0 heterocycles. The first-order chi connectivity index (χ1) is 9.55. The molecule has 0 unspecified atom stereocenters. The molecule has 0 saturated heterocycles. The van der Waals surface area contributed by atoms with E-state index in [2.05, 4.69) is 0 Å². The summed E-state index contributed by atoms with van der Waals surface area (Å²) in [5, 5.41) is 1.39. The zero-order chi connectivity index (χ0) is 13.9. The lowest BCUT2D eigenvalue weighted by molar-refractivity contribution is 0.484. The van der Waals surface area contributed by atoms with Crippen LogP contribution in [0.15, 0.2) is 59.5 Å². The average molecular weight is 282 g/mol. The van der Waals surface area contributed by atoms with Gasteiger partial charge in [-0.05, 0) is 28.1 Å². The molecule has 0 aliphatic heterocycles. The highest BCUT2D eigenvalue weighted by atomic mass is 32.2. The maximum atomic E-state index is 11.8. The maximum Gasteiger partial charge on any atom is 0.295 e. The van der Waals surface area contributed by atoms with Crippen molar-refractivity contribution in [2.75, 3.05) is 0 Å². The summed E-state index contributed by atoms with van der Waals surface area (Å²) in [6.45, 7) is 0. The molecule has 2 aliphatic rings. The molecule has 4 bridgehead atoms. The van der Waals surface area contributed by atoms with Crippen LogP contribution in [0.3, 0.4) is 0 Å². The molecule has 5 rings (SSSR count). The quantitative estimate of drug-likeness (QED) is 0.541. The molecule has 98 valence electrons. The average Bonchev–Trinajstić information content (AvgIpc) is 2.66. The monoisotopic (exact) mass is 282 g/mol. The van der Waals surface area contributed by atoms with Crippen LogP contribution in [0.1, 0.15) is 0 Å². The smallest absolute Gasteiger partial charge is 0.282 e. The van der Waals surface area contributed by atoms with Crippen molar-refractivity contribution in [3.05, 3.63) is 54.6 Å². The van der Waals surface area contributed by atoms with Gasteiger partial charge < -0.3 is 0 Å². The van der Waals surface area contributed by atoms with E-state index in [1.165, 1.54) is 0 Å². The van der Waals surface area contributed by atoms with Gasteiger partial charge in [0, 0.05) is 10.9 Å². The Labute approximate surface area is 116 Å². The maximum absolute atomic E-state index is 11.8. The van der Waals surface area contributed by atoms with E-state index in [1.807, 2.05) is 42.5 Å². The van der Waals surface area contributed by atoms with Crippen LogP contribution in [-0.2, 0) is 10.1 Å². The Bertz CT molecular complexity index is 955. The van der Waals surface area contributed by atoms with Crippen molar-refractivity contribution in [1.82, 2.24) is 0 Å². The molecule has 0 radical (unpaired) electrons. The van der Waals surface area contributed by atoms with Crippen molar-refractivity contribution in [1.29, 1.82) is 0 Å². The van der Waals surface area contributed by atoms with Gasteiger partial charge in [-0.3, -0.25) is 4.55 Å². The van der Waals surface area contributed by atoms with Crippen molar-refractivity contribution >= 4 is 20.9 Å². The Morgan fingerprint density at radius 1 is 0.750 bits per heavy atom. The van der Waals surface area contributed by atoms with E-state index in [0.29, 0.717) is 10.9 Å². The van der Waals surface area contributed by atoms with E-state index in [4.69, 9.17) is 0 Å². The molecule has 0 fully saturated rings. The second kappa shape index (κ2) is 3.69. The number of benzene rings is 3. The van der Waals surface area contributed by atoms with Crippen molar-refractivity contribution in [2.24, 2.45) is 0 Å². The fraction of sp³-hybridized carbons (Fsp3) is 0. The molecule has 0 amide bonds. The summed E-state index contributed by atoms with van der Waals surface area (Å²) in [7, 11) is -4.29. The molecular weight excluding hydrogens is 272 g/mol. The highest BCUT2D eigenvalue weighted by molar-refractivity contribution is 7.86. The van der Waals surface area contributed by atoms with Crippen LogP contribution in [0, 0.1) is 0 Å². The van der Waals surface area contributed by atoms with Gasteiger partial charge in [0.1, 0.15) is 4.90 Å². The van der Waals surface area contributed by atoms with Gasteiger partial charge in [0.25, 0.3) is 10.1 Å². The van der Waals surface area contributed by atoms with Crippen LogP contribution in [0.4, 0.5) is 0 Å². The van der Waals surface area contributed by atoms with Gasteiger partial charge in [-0.2, -0.15) is 8.42 Å². The third-order valence-electron chi connectivity index (χ3n) is 3.76. The SMILES string of the molecule is O=S(=O)(O)c1c2cc(c3ccccc13)-c1ccc-2cc1. The third-order valence-corrected chi connectivity index (χ3v) is 4.72. The van der Waals surface area contributed by atoms with E-state index in [1.54, 1.807) is 12.1 Å². The standard InChI is InChI=1S/C16H10O3S/c17-20(18,19)16-13-4-2-1-3-12(13)14-9-15(16)11-7-5-10(14)6-8-11/h1-9H,(H,17,18,19). The molecule has 0 atom stereocenters. The van der Waals surface area contributed by atoms with Crippen molar-refractivity contribution < 1.29 is 13.0 Å². The van der Waals surface area contributed by atoms with Gasteiger partial charge in [0.05, 0.1) is 0 Å². The van der Waals surface area contributed by atoms with Crippen LogP contribution in [0.5, 0.6) is 0 Å². The summed E-state index contributed by atoms with van der Waals surface area (Å²) in [5.74, 6) is 0. The van der Waals surface area contributed by atoms with Crippen molar-refractivity contribution in [3.8, 4) is 22.3 Å². The van der Waals surface area contributed by atoms with Crippen LogP contribution in [0.2, 0.25) is 0 Å². The molecule has 3 aromatic rings. The minimum atomic E-state index is -4.29. The number of fused-ring (bicyclic) bond motifs is 3. The molecule has 0 saturated carbocycles. The Morgan fingerprint density at radius 3 is 1.90 bits per heavy atom. The van der Waals surface area contributed by atoms with Gasteiger partial charge in [0.2, 0.25) is 0 Å². The molecule has 0 spiro atoms. The van der Waals surface area contributed by atoms with E-state index < -0.39 is 10.1 Å². The summed E-state index contributed by atoms with van der Waals surface area (Å²) in [5.41, 5.74) is 3.39. The van der Waals surface area contributed by atoms with Crippen LogP contribution < -0.4 is 0 Å². The Hall–Kier alpha value is -2.17. The minimum absolute atomic E-state index is 0.00991. The summed E-state index contributed by atoms with van der Waals surface area (Å²) >= 11 is 0. The lowest BCUT2D eigenvalue weighted by atomic mass is 9.98. The normalized spacial score (nSPS) is 12.7. The zero-order valence-corrected chi connectivity index (χ0v) is 11.2. The summed E-state index contributed by atoms with van der Waals surface area (Å²) in [6.07, 6.45) is 0. The van der Waals surface area contributed by atoms with Gasteiger partial charge >= 0.3 is 0 Å². The first-order valence-corrected chi connectivity index (χ1v) is 7.64. The Kier molecular flexibility index (Phi) is 2.14. The topological polar surface area (TPSA) is 54.4 Å². The Balaban J connectivity index is 2.35. The van der Waals surface area contributed by atoms with Crippen LogP contribution in [0.25, 0.3) is 33.0 Å². The molecule has 3 aromatic carbocycles. The predicted octanol–water partition coefficient (Wildman–Crippen LogP) is 3.73. The molecular formula is C16H10O3S.